The first-order valence-corrected chi connectivity index (χ1v) is 7.95. The molecule has 0 spiro atoms. The van der Waals surface area contributed by atoms with Gasteiger partial charge in [0.2, 0.25) is 0 Å². The van der Waals surface area contributed by atoms with Gasteiger partial charge in [-0.1, -0.05) is 19.1 Å². The number of urea groups is 1. The van der Waals surface area contributed by atoms with Gasteiger partial charge in [-0.15, -0.1) is 0 Å². The Balaban J connectivity index is 1.76. The molecule has 2 rings (SSSR count). The maximum atomic E-state index is 12.1. The Kier molecular flexibility index (Phi) is 6.07. The van der Waals surface area contributed by atoms with E-state index in [4.69, 9.17) is 4.74 Å². The Bertz CT molecular complexity index is 475. The predicted octanol–water partition coefficient (Wildman–Crippen LogP) is 2.36. The molecule has 22 heavy (non-hydrogen) atoms. The number of likely N-dealkylation sites (tertiary alicyclic amines) is 1. The molecule has 1 heterocycles. The highest BCUT2D eigenvalue weighted by molar-refractivity contribution is 5.74. The van der Waals surface area contributed by atoms with E-state index in [1.807, 2.05) is 12.1 Å². The van der Waals surface area contributed by atoms with Gasteiger partial charge in [-0.2, -0.15) is 0 Å². The van der Waals surface area contributed by atoms with Gasteiger partial charge < -0.3 is 20.1 Å². The van der Waals surface area contributed by atoms with Crippen molar-refractivity contribution in [1.29, 1.82) is 0 Å². The van der Waals surface area contributed by atoms with Gasteiger partial charge in [-0.3, -0.25) is 0 Å². The maximum absolute atomic E-state index is 12.1. The third-order valence-corrected chi connectivity index (χ3v) is 4.39. The minimum absolute atomic E-state index is 0.0148. The molecule has 2 atom stereocenters. The smallest absolute Gasteiger partial charge is 0.317 e. The SMILES string of the molecule is COc1ccc(C(C)CCNC(=O)N2CCC[C@@H]2CO)cc1. The second-order valence-electron chi connectivity index (χ2n) is 5.87. The Morgan fingerprint density at radius 2 is 2.18 bits per heavy atom. The number of aliphatic hydroxyl groups is 1. The summed E-state index contributed by atoms with van der Waals surface area (Å²) in [5, 5.41) is 12.2. The van der Waals surface area contributed by atoms with Crippen LogP contribution in [-0.4, -0.2) is 48.9 Å². The third-order valence-electron chi connectivity index (χ3n) is 4.39. The van der Waals surface area contributed by atoms with Crippen LogP contribution >= 0.6 is 0 Å². The molecule has 0 bridgehead atoms. The topological polar surface area (TPSA) is 61.8 Å². The number of carbonyl (C=O) groups excluding carboxylic acids is 1. The molecule has 0 radical (unpaired) electrons. The molecule has 5 heteroatoms. The largest absolute Gasteiger partial charge is 0.497 e. The quantitative estimate of drug-likeness (QED) is 0.848. The zero-order valence-corrected chi connectivity index (χ0v) is 13.4. The first-order valence-electron chi connectivity index (χ1n) is 7.95. The summed E-state index contributed by atoms with van der Waals surface area (Å²) < 4.78 is 5.16. The molecule has 0 aliphatic carbocycles. The van der Waals surface area contributed by atoms with E-state index in [9.17, 15) is 9.90 Å². The van der Waals surface area contributed by atoms with Gasteiger partial charge in [0.05, 0.1) is 19.8 Å². The number of ether oxygens (including phenoxy) is 1. The summed E-state index contributed by atoms with van der Waals surface area (Å²) in [6.07, 6.45) is 2.75. The molecule has 0 aromatic heterocycles. The fourth-order valence-corrected chi connectivity index (χ4v) is 2.89. The highest BCUT2D eigenvalue weighted by Gasteiger charge is 2.27. The molecule has 122 valence electrons. The molecule has 1 aliphatic heterocycles. The van der Waals surface area contributed by atoms with Crippen LogP contribution in [0.15, 0.2) is 24.3 Å². The van der Waals surface area contributed by atoms with Crippen LogP contribution in [0.1, 0.15) is 37.7 Å². The van der Waals surface area contributed by atoms with Gasteiger partial charge in [0.15, 0.2) is 0 Å². The molecule has 0 saturated carbocycles. The van der Waals surface area contributed by atoms with E-state index in [0.29, 0.717) is 12.5 Å². The molecule has 1 aliphatic rings. The zero-order valence-electron chi connectivity index (χ0n) is 13.4. The van der Waals surface area contributed by atoms with E-state index in [1.54, 1.807) is 12.0 Å². The molecule has 1 fully saturated rings. The van der Waals surface area contributed by atoms with Crippen molar-refractivity contribution in [1.82, 2.24) is 10.2 Å². The minimum Gasteiger partial charge on any atom is -0.497 e. The third kappa shape index (κ3) is 4.13. The van der Waals surface area contributed by atoms with Gasteiger partial charge in [-0.25, -0.2) is 4.79 Å². The molecule has 1 unspecified atom stereocenters. The summed E-state index contributed by atoms with van der Waals surface area (Å²) in [7, 11) is 1.66. The van der Waals surface area contributed by atoms with Gasteiger partial charge in [0.1, 0.15) is 5.75 Å². The predicted molar refractivity (Wildman–Crippen MR) is 86.2 cm³/mol. The van der Waals surface area contributed by atoms with Crippen LogP contribution in [0.2, 0.25) is 0 Å². The van der Waals surface area contributed by atoms with Crippen molar-refractivity contribution in [2.45, 2.75) is 38.1 Å². The van der Waals surface area contributed by atoms with Gasteiger partial charge in [0.25, 0.3) is 0 Å². The summed E-state index contributed by atoms with van der Waals surface area (Å²) in [6, 6.07) is 7.97. The molecule has 1 aromatic carbocycles. The van der Waals surface area contributed by atoms with E-state index in [-0.39, 0.29) is 18.7 Å². The van der Waals surface area contributed by atoms with Crippen LogP contribution in [0.25, 0.3) is 0 Å². The van der Waals surface area contributed by atoms with Crippen LogP contribution < -0.4 is 10.1 Å². The van der Waals surface area contributed by atoms with Gasteiger partial charge in [-0.05, 0) is 42.9 Å². The number of hydrogen-bond acceptors (Lipinski definition) is 3. The lowest BCUT2D eigenvalue weighted by molar-refractivity contribution is 0.157. The molecule has 2 N–H and O–H groups in total. The summed E-state index contributed by atoms with van der Waals surface area (Å²) in [5.74, 6) is 1.23. The monoisotopic (exact) mass is 306 g/mol. The Morgan fingerprint density at radius 1 is 1.45 bits per heavy atom. The van der Waals surface area contributed by atoms with Crippen molar-refractivity contribution < 1.29 is 14.6 Å². The van der Waals surface area contributed by atoms with Gasteiger partial charge >= 0.3 is 6.03 Å². The summed E-state index contributed by atoms with van der Waals surface area (Å²) in [6.45, 7) is 3.59. The van der Waals surface area contributed by atoms with Crippen molar-refractivity contribution >= 4 is 6.03 Å². The van der Waals surface area contributed by atoms with Crippen LogP contribution in [0.3, 0.4) is 0 Å². The summed E-state index contributed by atoms with van der Waals surface area (Å²) in [5.41, 5.74) is 1.24. The average molecular weight is 306 g/mol. The Hall–Kier alpha value is -1.75. The lowest BCUT2D eigenvalue weighted by atomic mass is 9.98. The number of nitrogens with one attached hydrogen (secondary N) is 1. The maximum Gasteiger partial charge on any atom is 0.317 e. The fourth-order valence-electron chi connectivity index (χ4n) is 2.89. The molecular weight excluding hydrogens is 280 g/mol. The van der Waals surface area contributed by atoms with Crippen LogP contribution in [0, 0.1) is 0 Å². The second-order valence-corrected chi connectivity index (χ2v) is 5.87. The number of nitrogens with zero attached hydrogens (tertiary/aromatic N) is 1. The summed E-state index contributed by atoms with van der Waals surface area (Å²) in [4.78, 5) is 13.9. The van der Waals surface area contributed by atoms with Crippen molar-refractivity contribution in [3.8, 4) is 5.75 Å². The highest BCUT2D eigenvalue weighted by atomic mass is 16.5. The van der Waals surface area contributed by atoms with E-state index in [0.717, 1.165) is 31.6 Å². The minimum atomic E-state index is -0.0570. The standard InChI is InChI=1S/C17H26N2O3/c1-13(14-5-7-16(22-2)8-6-14)9-10-18-17(21)19-11-3-4-15(19)12-20/h5-8,13,15,20H,3-4,9-12H2,1-2H3,(H,18,21)/t13?,15-/m1/s1. The first-order chi connectivity index (χ1) is 10.7. The van der Waals surface area contributed by atoms with E-state index in [2.05, 4.69) is 24.4 Å². The average Bonchev–Trinajstić information content (AvgIpc) is 3.03. The molecule has 2 amide bonds. The van der Waals surface area contributed by atoms with Crippen molar-refractivity contribution in [3.05, 3.63) is 29.8 Å². The highest BCUT2D eigenvalue weighted by Crippen LogP contribution is 2.21. The number of hydrogen-bond donors (Lipinski definition) is 2. The number of rotatable bonds is 6. The Morgan fingerprint density at radius 3 is 2.82 bits per heavy atom. The summed E-state index contributed by atoms with van der Waals surface area (Å²) >= 11 is 0. The van der Waals surface area contributed by atoms with E-state index in [1.165, 1.54) is 5.56 Å². The second kappa shape index (κ2) is 8.03. The van der Waals surface area contributed by atoms with Crippen molar-refractivity contribution in [2.75, 3.05) is 26.8 Å². The number of amides is 2. The first kappa shape index (κ1) is 16.6. The molecule has 5 nitrogen and oxygen atoms in total. The normalized spacial score (nSPS) is 19.0. The molecule has 1 saturated heterocycles. The number of aliphatic hydroxyl groups excluding tert-OH is 1. The number of carbonyl (C=O) groups is 1. The van der Waals surface area contributed by atoms with E-state index >= 15 is 0 Å². The zero-order chi connectivity index (χ0) is 15.9. The lowest BCUT2D eigenvalue weighted by Gasteiger charge is -2.23. The Labute approximate surface area is 132 Å². The number of methoxy groups -OCH3 is 1. The molecule has 1 aromatic rings. The van der Waals surface area contributed by atoms with Crippen molar-refractivity contribution in [3.63, 3.8) is 0 Å². The van der Waals surface area contributed by atoms with E-state index < -0.39 is 0 Å². The lowest BCUT2D eigenvalue weighted by Crippen LogP contribution is -2.44. The van der Waals surface area contributed by atoms with Crippen LogP contribution in [0.5, 0.6) is 5.75 Å². The van der Waals surface area contributed by atoms with Crippen LogP contribution in [0.4, 0.5) is 4.79 Å². The van der Waals surface area contributed by atoms with Crippen molar-refractivity contribution in [2.24, 2.45) is 0 Å². The van der Waals surface area contributed by atoms with Crippen LogP contribution in [-0.2, 0) is 0 Å². The number of benzene rings is 1. The fraction of sp³-hybridized carbons (Fsp3) is 0.588. The van der Waals surface area contributed by atoms with Gasteiger partial charge in [0, 0.05) is 13.1 Å². The molecular formula is C17H26N2O3.